The maximum Gasteiger partial charge on any atom is 0.262 e. The summed E-state index contributed by atoms with van der Waals surface area (Å²) in [5.41, 5.74) is 2.34. The topological polar surface area (TPSA) is 61.9 Å². The highest BCUT2D eigenvalue weighted by atomic mass is 32.1. The summed E-state index contributed by atoms with van der Waals surface area (Å²) in [4.78, 5) is 26.7. The van der Waals surface area contributed by atoms with Crippen LogP contribution in [0.2, 0.25) is 0 Å². The van der Waals surface area contributed by atoms with Gasteiger partial charge in [-0.15, -0.1) is 0 Å². The zero-order chi connectivity index (χ0) is 15.8. The molecule has 0 aromatic carbocycles. The minimum absolute atomic E-state index is 0.113. The molecule has 0 amide bonds. The second kappa shape index (κ2) is 5.77. The van der Waals surface area contributed by atoms with E-state index in [0.29, 0.717) is 17.0 Å². The van der Waals surface area contributed by atoms with Gasteiger partial charge in [0.2, 0.25) is 5.95 Å². The Balaban J connectivity index is 1.82. The van der Waals surface area contributed by atoms with Crippen LogP contribution in [0.5, 0.6) is 0 Å². The van der Waals surface area contributed by atoms with Crippen molar-refractivity contribution in [2.45, 2.75) is 19.8 Å². The second-order valence-corrected chi connectivity index (χ2v) is 6.91. The Kier molecular flexibility index (Phi) is 3.61. The van der Waals surface area contributed by atoms with E-state index in [1.807, 2.05) is 22.9 Å². The van der Waals surface area contributed by atoms with Crippen molar-refractivity contribution >= 4 is 28.3 Å². The fourth-order valence-electron chi connectivity index (χ4n) is 3.08. The summed E-state index contributed by atoms with van der Waals surface area (Å²) >= 11 is 1.61. The van der Waals surface area contributed by atoms with E-state index in [1.165, 1.54) is 0 Å². The molecule has 3 aromatic rings. The number of nitrogens with one attached hydrogen (secondary N) is 1. The normalized spacial score (nSPS) is 16.1. The molecular formula is C17H18N4OS. The van der Waals surface area contributed by atoms with Gasteiger partial charge in [0.05, 0.1) is 5.39 Å². The lowest BCUT2D eigenvalue weighted by Gasteiger charge is -2.30. The third-order valence-electron chi connectivity index (χ3n) is 4.51. The summed E-state index contributed by atoms with van der Waals surface area (Å²) in [6.45, 7) is 4.13. The fraction of sp³-hybridized carbons (Fsp3) is 0.353. The highest BCUT2D eigenvalue weighted by Crippen LogP contribution is 2.27. The minimum atomic E-state index is -0.113. The SMILES string of the molecule is CC1CCN(c2nc3nccc(-c4ccsc4)c3c(=O)[nH]2)CC1. The van der Waals surface area contributed by atoms with Crippen LogP contribution in [-0.4, -0.2) is 28.0 Å². The number of piperidine rings is 1. The molecule has 0 radical (unpaired) electrons. The lowest BCUT2D eigenvalue weighted by molar-refractivity contribution is 0.434. The van der Waals surface area contributed by atoms with E-state index < -0.39 is 0 Å². The molecule has 23 heavy (non-hydrogen) atoms. The van der Waals surface area contributed by atoms with Gasteiger partial charge < -0.3 is 4.90 Å². The number of nitrogens with zero attached hydrogens (tertiary/aromatic N) is 3. The monoisotopic (exact) mass is 326 g/mol. The fourth-order valence-corrected chi connectivity index (χ4v) is 3.74. The molecule has 4 rings (SSSR count). The molecule has 0 atom stereocenters. The first-order valence-corrected chi connectivity index (χ1v) is 8.83. The number of hydrogen-bond donors (Lipinski definition) is 1. The van der Waals surface area contributed by atoms with Crippen molar-refractivity contribution in [1.29, 1.82) is 0 Å². The average molecular weight is 326 g/mol. The lowest BCUT2D eigenvalue weighted by atomic mass is 10.00. The predicted octanol–water partition coefficient (Wildman–Crippen LogP) is 3.28. The van der Waals surface area contributed by atoms with Gasteiger partial charge in [-0.3, -0.25) is 9.78 Å². The molecule has 0 spiro atoms. The van der Waals surface area contributed by atoms with E-state index in [2.05, 4.69) is 26.8 Å². The second-order valence-electron chi connectivity index (χ2n) is 6.13. The molecule has 118 valence electrons. The molecule has 0 unspecified atom stereocenters. The molecule has 4 heterocycles. The number of hydrogen-bond acceptors (Lipinski definition) is 5. The van der Waals surface area contributed by atoms with Gasteiger partial charge in [-0.2, -0.15) is 16.3 Å². The average Bonchev–Trinajstić information content (AvgIpc) is 3.09. The summed E-state index contributed by atoms with van der Waals surface area (Å²) in [5.74, 6) is 1.38. The first-order chi connectivity index (χ1) is 11.2. The van der Waals surface area contributed by atoms with Crippen LogP contribution >= 0.6 is 11.3 Å². The van der Waals surface area contributed by atoms with E-state index in [-0.39, 0.29) is 5.56 Å². The zero-order valence-electron chi connectivity index (χ0n) is 13.0. The first kappa shape index (κ1) is 14.4. The van der Waals surface area contributed by atoms with Gasteiger partial charge in [0.15, 0.2) is 5.65 Å². The maximum absolute atomic E-state index is 12.7. The minimum Gasteiger partial charge on any atom is -0.342 e. The molecule has 0 saturated carbocycles. The summed E-state index contributed by atoms with van der Waals surface area (Å²) in [7, 11) is 0. The lowest BCUT2D eigenvalue weighted by Crippen LogP contribution is -2.35. The third kappa shape index (κ3) is 2.63. The molecule has 0 bridgehead atoms. The molecule has 0 aliphatic carbocycles. The molecule has 5 nitrogen and oxygen atoms in total. The number of pyridine rings is 1. The Labute approximate surface area is 138 Å². The number of thiophene rings is 1. The Bertz CT molecular complexity index is 879. The van der Waals surface area contributed by atoms with Crippen molar-refractivity contribution in [3.63, 3.8) is 0 Å². The van der Waals surface area contributed by atoms with Crippen molar-refractivity contribution in [3.05, 3.63) is 39.4 Å². The Morgan fingerprint density at radius 3 is 2.87 bits per heavy atom. The number of rotatable bonds is 2. The van der Waals surface area contributed by atoms with E-state index in [4.69, 9.17) is 0 Å². The summed E-state index contributed by atoms with van der Waals surface area (Å²) in [6.07, 6.45) is 3.98. The maximum atomic E-state index is 12.7. The van der Waals surface area contributed by atoms with E-state index in [9.17, 15) is 4.79 Å². The van der Waals surface area contributed by atoms with E-state index >= 15 is 0 Å². The molecule has 1 aliphatic rings. The van der Waals surface area contributed by atoms with Gasteiger partial charge in [0, 0.05) is 24.8 Å². The quantitative estimate of drug-likeness (QED) is 0.785. The van der Waals surface area contributed by atoms with Crippen LogP contribution in [0.15, 0.2) is 33.9 Å². The van der Waals surface area contributed by atoms with Crippen LogP contribution in [0.25, 0.3) is 22.2 Å². The van der Waals surface area contributed by atoms with Crippen molar-refractivity contribution in [1.82, 2.24) is 15.0 Å². The van der Waals surface area contributed by atoms with Gasteiger partial charge in [0.1, 0.15) is 0 Å². The van der Waals surface area contributed by atoms with Gasteiger partial charge in [-0.25, -0.2) is 4.98 Å². The predicted molar refractivity (Wildman–Crippen MR) is 94.1 cm³/mol. The first-order valence-electron chi connectivity index (χ1n) is 7.89. The molecule has 3 aromatic heterocycles. The van der Waals surface area contributed by atoms with Gasteiger partial charge in [0.25, 0.3) is 5.56 Å². The van der Waals surface area contributed by atoms with Crippen molar-refractivity contribution in [2.24, 2.45) is 5.92 Å². The zero-order valence-corrected chi connectivity index (χ0v) is 13.8. The Morgan fingerprint density at radius 2 is 2.13 bits per heavy atom. The smallest absolute Gasteiger partial charge is 0.262 e. The Morgan fingerprint density at radius 1 is 1.30 bits per heavy atom. The largest absolute Gasteiger partial charge is 0.342 e. The number of anilines is 1. The molecular weight excluding hydrogens is 308 g/mol. The highest BCUT2D eigenvalue weighted by molar-refractivity contribution is 7.08. The van der Waals surface area contributed by atoms with Crippen LogP contribution in [0.3, 0.4) is 0 Å². The van der Waals surface area contributed by atoms with E-state index in [0.717, 1.165) is 43.0 Å². The number of aromatic nitrogens is 3. The summed E-state index contributed by atoms with van der Waals surface area (Å²) in [5, 5.41) is 4.61. The summed E-state index contributed by atoms with van der Waals surface area (Å²) in [6, 6.07) is 3.89. The van der Waals surface area contributed by atoms with Crippen molar-refractivity contribution < 1.29 is 0 Å². The standard InChI is InChI=1S/C17H18N4OS/c1-11-3-7-21(8-4-11)17-19-15-14(16(22)20-17)13(2-6-18-15)12-5-9-23-10-12/h2,5-6,9-11H,3-4,7-8H2,1H3,(H,18,19,20,22). The highest BCUT2D eigenvalue weighted by Gasteiger charge is 2.19. The molecule has 1 N–H and O–H groups in total. The van der Waals surface area contributed by atoms with Gasteiger partial charge in [-0.05, 0) is 47.2 Å². The van der Waals surface area contributed by atoms with Crippen LogP contribution in [0.1, 0.15) is 19.8 Å². The van der Waals surface area contributed by atoms with Crippen LogP contribution < -0.4 is 10.5 Å². The molecule has 1 aliphatic heterocycles. The van der Waals surface area contributed by atoms with Crippen LogP contribution in [0.4, 0.5) is 5.95 Å². The van der Waals surface area contributed by atoms with Crippen molar-refractivity contribution in [3.8, 4) is 11.1 Å². The van der Waals surface area contributed by atoms with Crippen LogP contribution in [0, 0.1) is 5.92 Å². The summed E-state index contributed by atoms with van der Waals surface area (Å²) < 4.78 is 0. The van der Waals surface area contributed by atoms with E-state index in [1.54, 1.807) is 17.5 Å². The van der Waals surface area contributed by atoms with Gasteiger partial charge >= 0.3 is 0 Å². The number of aromatic amines is 1. The van der Waals surface area contributed by atoms with Crippen LogP contribution in [-0.2, 0) is 0 Å². The molecule has 1 fully saturated rings. The van der Waals surface area contributed by atoms with Crippen molar-refractivity contribution in [2.75, 3.05) is 18.0 Å². The number of H-pyrrole nitrogens is 1. The molecule has 1 saturated heterocycles. The number of fused-ring (bicyclic) bond motifs is 1. The van der Waals surface area contributed by atoms with Gasteiger partial charge in [-0.1, -0.05) is 6.92 Å². The third-order valence-corrected chi connectivity index (χ3v) is 5.19. The molecule has 6 heteroatoms. The Hall–Kier alpha value is -2.21.